The number of rotatable bonds is 6. The Labute approximate surface area is 210 Å². The summed E-state index contributed by atoms with van der Waals surface area (Å²) in [5.41, 5.74) is -1.52. The number of aromatic hydroxyl groups is 4. The maximum Gasteiger partial charge on any atom is 0.397 e. The minimum Gasteiger partial charge on any atom is -0.507 e. The molecule has 5 atom stereocenters. The number of phenols is 4. The number of carbonyl (C=O) groups is 1. The van der Waals surface area contributed by atoms with E-state index in [2.05, 4.69) is 4.18 Å². The van der Waals surface area contributed by atoms with Gasteiger partial charge in [-0.3, -0.25) is 9.35 Å². The van der Waals surface area contributed by atoms with Gasteiger partial charge in [-0.15, -0.1) is 0 Å². The van der Waals surface area contributed by atoms with Gasteiger partial charge in [0.25, 0.3) is 0 Å². The summed E-state index contributed by atoms with van der Waals surface area (Å²) in [5, 5.41) is 69.3. The van der Waals surface area contributed by atoms with E-state index < -0.39 is 92.2 Å². The van der Waals surface area contributed by atoms with E-state index in [1.807, 2.05) is 0 Å². The van der Waals surface area contributed by atoms with Crippen molar-refractivity contribution in [2.75, 3.05) is 0 Å². The second-order valence-electron chi connectivity index (χ2n) is 7.98. The fraction of sp³-hybridized carbons (Fsp3) is 0.238. The van der Waals surface area contributed by atoms with Crippen LogP contribution >= 0.6 is 0 Å². The predicted molar refractivity (Wildman–Crippen MR) is 120 cm³/mol. The third kappa shape index (κ3) is 5.01. The maximum absolute atomic E-state index is 12.8. The first-order valence-corrected chi connectivity index (χ1v) is 11.7. The van der Waals surface area contributed by atoms with E-state index in [-0.39, 0.29) is 11.3 Å². The van der Waals surface area contributed by atoms with Gasteiger partial charge in [0.05, 0.1) is 0 Å². The van der Waals surface area contributed by atoms with Gasteiger partial charge < -0.3 is 49.6 Å². The number of hydrogen-bond donors (Lipinski definition) is 8. The van der Waals surface area contributed by atoms with E-state index in [0.717, 1.165) is 18.2 Å². The highest BCUT2D eigenvalue weighted by molar-refractivity contribution is 7.80. The summed E-state index contributed by atoms with van der Waals surface area (Å²) in [6.07, 6.45) is -11.5. The van der Waals surface area contributed by atoms with Crippen molar-refractivity contribution in [1.29, 1.82) is 0 Å². The van der Waals surface area contributed by atoms with Crippen molar-refractivity contribution >= 4 is 27.3 Å². The van der Waals surface area contributed by atoms with Gasteiger partial charge in [-0.2, -0.15) is 8.42 Å². The number of carboxylic acids is 1. The lowest BCUT2D eigenvalue weighted by atomic mass is 9.99. The molecule has 8 N–H and O–H groups in total. The molecule has 0 saturated carbocycles. The van der Waals surface area contributed by atoms with Gasteiger partial charge in [0.1, 0.15) is 35.2 Å². The van der Waals surface area contributed by atoms with Crippen LogP contribution in [0.15, 0.2) is 39.5 Å². The number of phenolic OH excluding ortho intramolecular Hbond substituents is 4. The molecule has 17 heteroatoms. The van der Waals surface area contributed by atoms with Gasteiger partial charge in [0.2, 0.25) is 12.0 Å². The first-order valence-electron chi connectivity index (χ1n) is 10.3. The average Bonchev–Trinajstić information content (AvgIpc) is 2.81. The van der Waals surface area contributed by atoms with Crippen LogP contribution in [0.25, 0.3) is 22.3 Å². The fourth-order valence-corrected chi connectivity index (χ4v) is 4.23. The molecular formula is C21H18O16S. The molecule has 2 aromatic carbocycles. The van der Waals surface area contributed by atoms with Crippen LogP contribution in [0.5, 0.6) is 28.7 Å². The first kappa shape index (κ1) is 26.9. The predicted octanol–water partition coefficient (Wildman–Crippen LogP) is -0.620. The minimum atomic E-state index is -5.34. The fourth-order valence-electron chi connectivity index (χ4n) is 3.72. The summed E-state index contributed by atoms with van der Waals surface area (Å²) < 4.78 is 51.5. The van der Waals surface area contributed by atoms with Gasteiger partial charge in [-0.25, -0.2) is 8.98 Å². The van der Waals surface area contributed by atoms with E-state index in [1.54, 1.807) is 0 Å². The zero-order chi connectivity index (χ0) is 28.1. The van der Waals surface area contributed by atoms with Gasteiger partial charge in [-0.05, 0) is 18.2 Å². The average molecular weight is 558 g/mol. The molecular weight excluding hydrogens is 540 g/mol. The zero-order valence-corrected chi connectivity index (χ0v) is 19.3. The molecule has 2 heterocycles. The highest BCUT2D eigenvalue weighted by Crippen LogP contribution is 2.42. The Bertz CT molecular complexity index is 1580. The van der Waals surface area contributed by atoms with E-state index in [0.29, 0.717) is 6.07 Å². The molecule has 204 valence electrons. The standard InChI is InChI=1S/C21H18O16S/c22-7-2-1-6(3-8(7)23)12-5-10(25)13-9(24)4-11(26)16(17(13)34-12)35-21-15(28)18(37-38(31,32)33)14(27)19(36-21)20(29)30/h1-5,14-15,18-19,21-24,26-28H,(H,29,30)(H,31,32,33). The normalized spacial score (nSPS) is 23.8. The Morgan fingerprint density at radius 1 is 0.921 bits per heavy atom. The largest absolute Gasteiger partial charge is 0.507 e. The second-order valence-corrected chi connectivity index (χ2v) is 9.03. The Kier molecular flexibility index (Phi) is 6.82. The zero-order valence-electron chi connectivity index (χ0n) is 18.5. The summed E-state index contributed by atoms with van der Waals surface area (Å²) in [7, 11) is -5.34. The topological polar surface area (TPSA) is 271 Å². The molecule has 1 aromatic heterocycles. The Balaban J connectivity index is 1.85. The Morgan fingerprint density at radius 2 is 1.61 bits per heavy atom. The molecule has 0 spiro atoms. The second kappa shape index (κ2) is 9.63. The van der Waals surface area contributed by atoms with Crippen LogP contribution in [0.4, 0.5) is 0 Å². The van der Waals surface area contributed by atoms with Crippen LogP contribution in [-0.4, -0.2) is 85.4 Å². The quantitative estimate of drug-likeness (QED) is 0.138. The minimum absolute atomic E-state index is 0.0395. The SMILES string of the molecule is O=C(O)C1OC(Oc2c(O)cc(O)c3c(=O)cc(-c4ccc(O)c(O)c4)oc23)C(O)C(OS(=O)(=O)O)C1O. The molecule has 4 rings (SSSR count). The van der Waals surface area contributed by atoms with E-state index >= 15 is 0 Å². The molecule has 0 aliphatic carbocycles. The molecule has 3 aromatic rings. The summed E-state index contributed by atoms with van der Waals surface area (Å²) in [5.74, 6) is -5.72. The van der Waals surface area contributed by atoms with Crippen molar-refractivity contribution in [3.8, 4) is 40.1 Å². The van der Waals surface area contributed by atoms with Crippen molar-refractivity contribution in [2.45, 2.75) is 30.7 Å². The van der Waals surface area contributed by atoms with Crippen molar-refractivity contribution in [2.24, 2.45) is 0 Å². The van der Waals surface area contributed by atoms with Gasteiger partial charge in [0, 0.05) is 17.7 Å². The monoisotopic (exact) mass is 558 g/mol. The van der Waals surface area contributed by atoms with E-state index in [9.17, 15) is 53.8 Å². The molecule has 0 bridgehead atoms. The summed E-state index contributed by atoms with van der Waals surface area (Å²) >= 11 is 0. The van der Waals surface area contributed by atoms with Crippen molar-refractivity contribution in [3.63, 3.8) is 0 Å². The molecule has 0 radical (unpaired) electrons. The number of aliphatic hydroxyl groups excluding tert-OH is 2. The van der Waals surface area contributed by atoms with Crippen LogP contribution in [0.3, 0.4) is 0 Å². The first-order chi connectivity index (χ1) is 17.7. The van der Waals surface area contributed by atoms with Crippen LogP contribution in [0.1, 0.15) is 0 Å². The highest BCUT2D eigenvalue weighted by atomic mass is 32.3. The summed E-state index contributed by atoms with van der Waals surface area (Å²) in [6.45, 7) is 0. The Hall–Kier alpha value is -4.13. The van der Waals surface area contributed by atoms with E-state index in [1.165, 1.54) is 6.07 Å². The third-order valence-electron chi connectivity index (χ3n) is 5.43. The van der Waals surface area contributed by atoms with Crippen LogP contribution < -0.4 is 10.2 Å². The van der Waals surface area contributed by atoms with Crippen LogP contribution in [0.2, 0.25) is 0 Å². The van der Waals surface area contributed by atoms with Crippen molar-refractivity contribution in [1.82, 2.24) is 0 Å². The molecule has 5 unspecified atom stereocenters. The molecule has 16 nitrogen and oxygen atoms in total. The lowest BCUT2D eigenvalue weighted by Crippen LogP contribution is -2.62. The lowest BCUT2D eigenvalue weighted by molar-refractivity contribution is -0.266. The number of benzene rings is 2. The highest BCUT2D eigenvalue weighted by Gasteiger charge is 2.51. The number of carboxylic acid groups (broad SMARTS) is 1. The third-order valence-corrected chi connectivity index (χ3v) is 5.89. The van der Waals surface area contributed by atoms with Gasteiger partial charge >= 0.3 is 16.4 Å². The maximum atomic E-state index is 12.8. The summed E-state index contributed by atoms with van der Waals surface area (Å²) in [4.78, 5) is 24.3. The van der Waals surface area contributed by atoms with Crippen LogP contribution in [0, 0.1) is 0 Å². The van der Waals surface area contributed by atoms with Crippen molar-refractivity contribution in [3.05, 3.63) is 40.6 Å². The number of hydrogen-bond acceptors (Lipinski definition) is 14. The number of aliphatic carboxylic acids is 1. The lowest BCUT2D eigenvalue weighted by Gasteiger charge is -2.39. The molecule has 1 fully saturated rings. The number of aliphatic hydroxyl groups is 2. The van der Waals surface area contributed by atoms with Crippen LogP contribution in [-0.2, 0) is 24.1 Å². The number of ether oxygens (including phenoxy) is 2. The molecule has 38 heavy (non-hydrogen) atoms. The van der Waals surface area contributed by atoms with Gasteiger partial charge in [0.15, 0.2) is 34.4 Å². The summed E-state index contributed by atoms with van der Waals surface area (Å²) in [6, 6.07) is 4.88. The smallest absolute Gasteiger partial charge is 0.397 e. The van der Waals surface area contributed by atoms with E-state index in [4.69, 9.17) is 18.4 Å². The molecule has 1 aliphatic heterocycles. The number of fused-ring (bicyclic) bond motifs is 1. The molecule has 1 aliphatic rings. The molecule has 0 amide bonds. The van der Waals surface area contributed by atoms with Crippen molar-refractivity contribution < 1.29 is 71.6 Å². The molecule has 1 saturated heterocycles. The Morgan fingerprint density at radius 3 is 2.21 bits per heavy atom. The van der Waals surface area contributed by atoms with Gasteiger partial charge in [-0.1, -0.05) is 0 Å².